The summed E-state index contributed by atoms with van der Waals surface area (Å²) in [6, 6.07) is 24.4. The molecule has 1 heterocycles. The summed E-state index contributed by atoms with van der Waals surface area (Å²) in [5, 5.41) is 12.5. The first-order chi connectivity index (χ1) is 15.0. The third-order valence-corrected chi connectivity index (χ3v) is 5.35. The Bertz CT molecular complexity index is 1480. The summed E-state index contributed by atoms with van der Waals surface area (Å²) in [5.41, 5.74) is 10.6. The topological polar surface area (TPSA) is 96.4 Å². The fourth-order valence-corrected chi connectivity index (χ4v) is 3.89. The van der Waals surface area contributed by atoms with Gasteiger partial charge in [0.25, 0.3) is 0 Å². The van der Waals surface area contributed by atoms with Crippen LogP contribution in [-0.4, -0.2) is 5.97 Å². The van der Waals surface area contributed by atoms with Gasteiger partial charge in [0.2, 0.25) is 0 Å². The van der Waals surface area contributed by atoms with E-state index in [4.69, 9.17) is 10.2 Å². The standard InChI is InChI=1S/C26H17NO4/c27-17-8-5-15(6-9-17)16-7-11-21-23(13-16)31-24-14-18(28)10-12-22(24)25(21)19-3-1-2-4-20(19)26(29)30/h1-14H,27H2,(H,29,30)/p-1. The van der Waals surface area contributed by atoms with Crippen LogP contribution in [0.4, 0.5) is 5.69 Å². The quantitative estimate of drug-likeness (QED) is 0.358. The van der Waals surface area contributed by atoms with Gasteiger partial charge in [-0.3, -0.25) is 4.79 Å². The fourth-order valence-electron chi connectivity index (χ4n) is 3.89. The van der Waals surface area contributed by atoms with Crippen molar-refractivity contribution in [2.75, 3.05) is 5.73 Å². The number of rotatable bonds is 3. The van der Waals surface area contributed by atoms with Gasteiger partial charge in [0.15, 0.2) is 5.43 Å². The minimum absolute atomic E-state index is 0.0742. The first kappa shape index (κ1) is 18.6. The van der Waals surface area contributed by atoms with Crippen molar-refractivity contribution in [2.24, 2.45) is 0 Å². The number of carboxylic acids is 1. The smallest absolute Gasteiger partial charge is 0.182 e. The first-order valence-corrected chi connectivity index (χ1v) is 9.68. The molecule has 2 aliphatic rings. The van der Waals surface area contributed by atoms with Gasteiger partial charge < -0.3 is 20.1 Å². The highest BCUT2D eigenvalue weighted by molar-refractivity contribution is 6.07. The lowest BCUT2D eigenvalue weighted by molar-refractivity contribution is -0.254. The summed E-state index contributed by atoms with van der Waals surface area (Å²) in [4.78, 5) is 23.8. The molecule has 150 valence electrons. The Balaban J connectivity index is 1.86. The lowest BCUT2D eigenvalue weighted by Gasteiger charge is -2.18. The van der Waals surface area contributed by atoms with Gasteiger partial charge in [-0.1, -0.05) is 42.5 Å². The lowest BCUT2D eigenvalue weighted by atomic mass is 9.90. The lowest BCUT2D eigenvalue weighted by Crippen LogP contribution is -2.23. The number of aromatic carboxylic acids is 1. The van der Waals surface area contributed by atoms with E-state index in [0.717, 1.165) is 16.5 Å². The molecule has 31 heavy (non-hydrogen) atoms. The first-order valence-electron chi connectivity index (χ1n) is 9.68. The van der Waals surface area contributed by atoms with E-state index >= 15 is 0 Å². The van der Waals surface area contributed by atoms with Crippen LogP contribution in [0.3, 0.4) is 0 Å². The Morgan fingerprint density at radius 2 is 1.55 bits per heavy atom. The van der Waals surface area contributed by atoms with Crippen molar-refractivity contribution in [2.45, 2.75) is 0 Å². The van der Waals surface area contributed by atoms with Crippen LogP contribution in [0, 0.1) is 0 Å². The van der Waals surface area contributed by atoms with E-state index in [1.165, 1.54) is 18.2 Å². The third kappa shape index (κ3) is 3.22. The molecule has 0 saturated heterocycles. The zero-order chi connectivity index (χ0) is 21.5. The van der Waals surface area contributed by atoms with Gasteiger partial charge in [0.05, 0.1) is 5.97 Å². The van der Waals surface area contributed by atoms with Crippen molar-refractivity contribution in [1.29, 1.82) is 0 Å². The Labute approximate surface area is 177 Å². The van der Waals surface area contributed by atoms with E-state index < -0.39 is 5.97 Å². The zero-order valence-electron chi connectivity index (χ0n) is 16.3. The fraction of sp³-hybridized carbons (Fsp3) is 0. The van der Waals surface area contributed by atoms with Crippen LogP contribution in [0.25, 0.3) is 44.5 Å². The third-order valence-electron chi connectivity index (χ3n) is 5.35. The molecule has 3 aromatic carbocycles. The second-order valence-corrected chi connectivity index (χ2v) is 7.30. The highest BCUT2D eigenvalue weighted by atomic mass is 16.4. The number of nitrogen functional groups attached to an aromatic ring is 1. The molecule has 0 aromatic heterocycles. The predicted octanol–water partition coefficient (Wildman–Crippen LogP) is 4.18. The Hall–Kier alpha value is -4.38. The molecule has 0 unspecified atom stereocenters. The van der Waals surface area contributed by atoms with Gasteiger partial charge in [-0.25, -0.2) is 0 Å². The highest BCUT2D eigenvalue weighted by Gasteiger charge is 2.20. The van der Waals surface area contributed by atoms with Crippen molar-refractivity contribution in [3.8, 4) is 33.6 Å². The van der Waals surface area contributed by atoms with E-state index in [1.54, 1.807) is 24.3 Å². The molecular formula is C26H16NO4-. The van der Waals surface area contributed by atoms with Gasteiger partial charge in [-0.05, 0) is 53.1 Å². The van der Waals surface area contributed by atoms with Crippen LogP contribution in [0.1, 0.15) is 10.4 Å². The minimum Gasteiger partial charge on any atom is -0.545 e. The van der Waals surface area contributed by atoms with Crippen LogP contribution in [0.2, 0.25) is 0 Å². The number of fused-ring (bicyclic) bond motifs is 2. The van der Waals surface area contributed by atoms with Crippen molar-refractivity contribution in [3.63, 3.8) is 0 Å². The maximum absolute atomic E-state index is 12.0. The van der Waals surface area contributed by atoms with Gasteiger partial charge >= 0.3 is 0 Å². The van der Waals surface area contributed by atoms with Gasteiger partial charge in [0.1, 0.15) is 11.3 Å². The molecule has 0 bridgehead atoms. The van der Waals surface area contributed by atoms with Crippen LogP contribution >= 0.6 is 0 Å². The second-order valence-electron chi connectivity index (χ2n) is 7.30. The Kier molecular flexibility index (Phi) is 4.30. The van der Waals surface area contributed by atoms with Crippen molar-refractivity contribution >= 4 is 22.6 Å². The Morgan fingerprint density at radius 3 is 2.32 bits per heavy atom. The van der Waals surface area contributed by atoms with Gasteiger partial charge in [-0.15, -0.1) is 0 Å². The Morgan fingerprint density at radius 1 is 0.806 bits per heavy atom. The highest BCUT2D eigenvalue weighted by Crippen LogP contribution is 2.42. The number of carbonyl (C=O) groups excluding carboxylic acids is 1. The minimum atomic E-state index is -1.27. The van der Waals surface area contributed by atoms with E-state index in [-0.39, 0.29) is 11.0 Å². The summed E-state index contributed by atoms with van der Waals surface area (Å²) < 4.78 is 6.09. The average molecular weight is 406 g/mol. The second kappa shape index (κ2) is 7.15. The molecule has 5 nitrogen and oxygen atoms in total. The van der Waals surface area contributed by atoms with Crippen molar-refractivity contribution < 1.29 is 14.3 Å². The number of carbonyl (C=O) groups is 1. The van der Waals surface area contributed by atoms with Crippen molar-refractivity contribution in [1.82, 2.24) is 0 Å². The average Bonchev–Trinajstić information content (AvgIpc) is 2.77. The van der Waals surface area contributed by atoms with E-state index in [1.807, 2.05) is 42.5 Å². The van der Waals surface area contributed by atoms with E-state index in [2.05, 4.69) is 0 Å². The number of hydrogen-bond acceptors (Lipinski definition) is 5. The van der Waals surface area contributed by atoms with Crippen LogP contribution in [0.15, 0.2) is 94.1 Å². The summed E-state index contributed by atoms with van der Waals surface area (Å²) in [7, 11) is 0. The number of carboxylic acid groups (broad SMARTS) is 1. The number of nitrogens with two attached hydrogens (primary N) is 1. The molecule has 0 saturated carbocycles. The molecular weight excluding hydrogens is 390 g/mol. The normalized spacial score (nSPS) is 11.1. The van der Waals surface area contributed by atoms with Crippen LogP contribution < -0.4 is 16.3 Å². The number of hydrogen-bond donors (Lipinski definition) is 1. The summed E-state index contributed by atoms with van der Waals surface area (Å²) in [6.07, 6.45) is 0. The molecule has 0 radical (unpaired) electrons. The maximum Gasteiger partial charge on any atom is 0.182 e. The molecule has 3 aromatic rings. The molecule has 0 amide bonds. The predicted molar refractivity (Wildman–Crippen MR) is 119 cm³/mol. The van der Waals surface area contributed by atoms with Crippen molar-refractivity contribution in [3.05, 3.63) is 101 Å². The summed E-state index contributed by atoms with van der Waals surface area (Å²) in [6.45, 7) is 0. The molecule has 2 N–H and O–H groups in total. The van der Waals surface area contributed by atoms with Gasteiger partial charge in [-0.2, -0.15) is 0 Å². The zero-order valence-corrected chi connectivity index (χ0v) is 16.3. The van der Waals surface area contributed by atoms with Gasteiger partial charge in [0, 0.05) is 33.8 Å². The maximum atomic E-state index is 12.0. The molecule has 0 spiro atoms. The molecule has 0 fully saturated rings. The van der Waals surface area contributed by atoms with Crippen LogP contribution in [-0.2, 0) is 0 Å². The van der Waals surface area contributed by atoms with E-state index in [9.17, 15) is 14.7 Å². The summed E-state index contributed by atoms with van der Waals surface area (Å²) >= 11 is 0. The van der Waals surface area contributed by atoms with Crippen LogP contribution in [0.5, 0.6) is 0 Å². The molecule has 1 aliphatic carbocycles. The summed E-state index contributed by atoms with van der Waals surface area (Å²) in [5.74, 6) is -0.880. The monoisotopic (exact) mass is 406 g/mol. The number of benzene rings is 4. The number of anilines is 1. The largest absolute Gasteiger partial charge is 0.545 e. The molecule has 0 atom stereocenters. The SMILES string of the molecule is Nc1ccc(-c2ccc3c(-c4ccccc4C(=O)[O-])c4ccc(=O)cc-4oc3c2)cc1. The molecule has 5 rings (SSSR count). The molecule has 1 aliphatic heterocycles. The van der Waals surface area contributed by atoms with E-state index in [0.29, 0.717) is 33.7 Å². The molecule has 5 heteroatoms.